The van der Waals surface area contributed by atoms with Crippen molar-refractivity contribution in [3.05, 3.63) is 89.0 Å². The lowest BCUT2D eigenvalue weighted by Crippen LogP contribution is -2.13. The summed E-state index contributed by atoms with van der Waals surface area (Å²) in [5.74, 6) is -0.000671. The van der Waals surface area contributed by atoms with E-state index in [1.165, 1.54) is 11.1 Å². The molecule has 3 aromatic rings. The second-order valence-electron chi connectivity index (χ2n) is 7.39. The van der Waals surface area contributed by atoms with E-state index >= 15 is 0 Å². The highest BCUT2D eigenvalue weighted by Crippen LogP contribution is 2.18. The maximum atomic E-state index is 12.5. The number of benzene rings is 3. The number of carbonyl (C=O) groups is 1. The Bertz CT molecular complexity index is 1140. The number of ketones is 1. The number of carbonyl (C=O) groups excluding carboxylic acids is 1. The predicted octanol–water partition coefficient (Wildman–Crippen LogP) is 5.10. The van der Waals surface area contributed by atoms with Crippen molar-refractivity contribution in [2.24, 2.45) is 0 Å². The molecule has 0 atom stereocenters. The average Bonchev–Trinajstić information content (AvgIpc) is 2.71. The van der Waals surface area contributed by atoms with Gasteiger partial charge in [-0.2, -0.15) is 0 Å². The van der Waals surface area contributed by atoms with Crippen molar-refractivity contribution in [3.63, 3.8) is 0 Å². The van der Waals surface area contributed by atoms with E-state index in [0.717, 1.165) is 11.3 Å². The zero-order valence-corrected chi connectivity index (χ0v) is 18.2. The lowest BCUT2D eigenvalue weighted by atomic mass is 10.1. The number of anilines is 2. The highest BCUT2D eigenvalue weighted by molar-refractivity contribution is 7.92. The lowest BCUT2D eigenvalue weighted by Gasteiger charge is -2.10. The summed E-state index contributed by atoms with van der Waals surface area (Å²) >= 11 is 0. The molecule has 3 aromatic carbocycles. The first-order valence-electron chi connectivity index (χ1n) is 9.78. The van der Waals surface area contributed by atoms with E-state index in [2.05, 4.69) is 36.0 Å². The fourth-order valence-electron chi connectivity index (χ4n) is 2.97. The van der Waals surface area contributed by atoms with Gasteiger partial charge in [-0.25, -0.2) is 8.42 Å². The molecule has 0 heterocycles. The van der Waals surface area contributed by atoms with Crippen LogP contribution in [0.15, 0.2) is 71.6 Å². The molecule has 156 valence electrons. The van der Waals surface area contributed by atoms with Crippen LogP contribution in [0.4, 0.5) is 11.4 Å². The number of Topliss-reactive ketones (excluding diaryl/α,β-unsaturated/α-hetero) is 1. The van der Waals surface area contributed by atoms with Crippen LogP contribution < -0.4 is 10.0 Å². The lowest BCUT2D eigenvalue weighted by molar-refractivity contribution is 0.0986. The Balaban J connectivity index is 1.57. The molecule has 5 nitrogen and oxygen atoms in total. The van der Waals surface area contributed by atoms with Gasteiger partial charge in [-0.05, 0) is 80.4 Å². The maximum absolute atomic E-state index is 12.5. The topological polar surface area (TPSA) is 75.3 Å². The van der Waals surface area contributed by atoms with E-state index in [9.17, 15) is 13.2 Å². The Morgan fingerprint density at radius 1 is 0.800 bits per heavy atom. The van der Waals surface area contributed by atoms with Gasteiger partial charge in [0.2, 0.25) is 0 Å². The first-order valence-corrected chi connectivity index (χ1v) is 11.3. The molecule has 0 bridgehead atoms. The molecular weight excluding hydrogens is 396 g/mol. The molecule has 0 saturated heterocycles. The second kappa shape index (κ2) is 9.13. The Morgan fingerprint density at radius 3 is 2.07 bits per heavy atom. The number of hydrogen-bond donors (Lipinski definition) is 2. The van der Waals surface area contributed by atoms with Gasteiger partial charge in [0, 0.05) is 29.9 Å². The number of sulfonamides is 1. The molecule has 0 amide bonds. The molecule has 0 spiro atoms. The molecule has 0 aliphatic carbocycles. The van der Waals surface area contributed by atoms with E-state index in [1.54, 1.807) is 48.5 Å². The Morgan fingerprint density at radius 2 is 1.43 bits per heavy atom. The molecule has 3 rings (SSSR count). The van der Waals surface area contributed by atoms with Gasteiger partial charge in [-0.3, -0.25) is 9.52 Å². The summed E-state index contributed by atoms with van der Waals surface area (Å²) in [5.41, 5.74) is 5.39. The van der Waals surface area contributed by atoms with Gasteiger partial charge in [0.1, 0.15) is 0 Å². The Labute approximate surface area is 178 Å². The van der Waals surface area contributed by atoms with Gasteiger partial charge in [-0.15, -0.1) is 0 Å². The Kier molecular flexibility index (Phi) is 6.57. The zero-order valence-electron chi connectivity index (χ0n) is 17.4. The Hall–Kier alpha value is -3.12. The molecule has 0 saturated carbocycles. The van der Waals surface area contributed by atoms with E-state index in [4.69, 9.17) is 0 Å². The summed E-state index contributed by atoms with van der Waals surface area (Å²) in [7, 11) is -3.66. The summed E-state index contributed by atoms with van der Waals surface area (Å²) in [6.45, 7) is 6.55. The van der Waals surface area contributed by atoms with Crippen LogP contribution in [0, 0.1) is 20.8 Å². The van der Waals surface area contributed by atoms with Crippen molar-refractivity contribution >= 4 is 27.2 Å². The van der Waals surface area contributed by atoms with Crippen molar-refractivity contribution in [3.8, 4) is 0 Å². The second-order valence-corrected chi connectivity index (χ2v) is 9.08. The summed E-state index contributed by atoms with van der Waals surface area (Å²) in [4.78, 5) is 12.6. The molecule has 0 fully saturated rings. The van der Waals surface area contributed by atoms with Gasteiger partial charge in [0.15, 0.2) is 5.78 Å². The monoisotopic (exact) mass is 422 g/mol. The van der Waals surface area contributed by atoms with E-state index < -0.39 is 10.0 Å². The fraction of sp³-hybridized carbons (Fsp3) is 0.208. The van der Waals surface area contributed by atoms with Crippen LogP contribution in [0.2, 0.25) is 0 Å². The molecule has 0 aromatic heterocycles. The van der Waals surface area contributed by atoms with Crippen LogP contribution in [0.3, 0.4) is 0 Å². The summed E-state index contributed by atoms with van der Waals surface area (Å²) in [5, 5.41) is 3.27. The average molecular weight is 423 g/mol. The van der Waals surface area contributed by atoms with Crippen LogP contribution in [0.25, 0.3) is 0 Å². The van der Waals surface area contributed by atoms with E-state index in [1.807, 2.05) is 13.0 Å². The minimum absolute atomic E-state index is 0.000671. The quantitative estimate of drug-likeness (QED) is 0.496. The van der Waals surface area contributed by atoms with E-state index in [-0.39, 0.29) is 10.7 Å². The van der Waals surface area contributed by atoms with Gasteiger partial charge in [0.25, 0.3) is 10.0 Å². The first kappa shape index (κ1) is 21.6. The molecule has 0 aliphatic heterocycles. The molecule has 6 heteroatoms. The summed E-state index contributed by atoms with van der Waals surface area (Å²) in [6.07, 6.45) is 0.349. The number of nitrogens with one attached hydrogen (secondary N) is 2. The van der Waals surface area contributed by atoms with Crippen LogP contribution in [0.5, 0.6) is 0 Å². The molecule has 0 unspecified atom stereocenters. The number of rotatable bonds is 8. The van der Waals surface area contributed by atoms with Crippen molar-refractivity contribution in [1.82, 2.24) is 0 Å². The highest BCUT2D eigenvalue weighted by atomic mass is 32.2. The third-order valence-electron chi connectivity index (χ3n) is 4.98. The fourth-order valence-corrected chi connectivity index (χ4v) is 4.03. The van der Waals surface area contributed by atoms with Gasteiger partial charge in [-0.1, -0.05) is 23.8 Å². The van der Waals surface area contributed by atoms with Crippen LogP contribution in [-0.4, -0.2) is 20.7 Å². The third kappa shape index (κ3) is 5.48. The molecule has 0 radical (unpaired) electrons. The van der Waals surface area contributed by atoms with Gasteiger partial charge < -0.3 is 5.32 Å². The van der Waals surface area contributed by atoms with Crippen LogP contribution >= 0.6 is 0 Å². The smallest absolute Gasteiger partial charge is 0.261 e. The first-order chi connectivity index (χ1) is 14.2. The zero-order chi connectivity index (χ0) is 21.7. The maximum Gasteiger partial charge on any atom is 0.261 e. The molecule has 2 N–H and O–H groups in total. The van der Waals surface area contributed by atoms with Gasteiger partial charge in [0.05, 0.1) is 4.90 Å². The van der Waals surface area contributed by atoms with Crippen molar-refractivity contribution in [2.45, 2.75) is 32.1 Å². The van der Waals surface area contributed by atoms with Crippen LogP contribution in [-0.2, 0) is 10.0 Å². The SMILES string of the molecule is Cc1ccc(S(=O)(=O)Nc2ccc(C(=O)CCNc3ccc(C)c(C)c3)cc2)cc1. The predicted molar refractivity (Wildman–Crippen MR) is 122 cm³/mol. The summed E-state index contributed by atoms with van der Waals surface area (Å²) in [6, 6.07) is 19.3. The van der Waals surface area contributed by atoms with Gasteiger partial charge >= 0.3 is 0 Å². The standard InChI is InChI=1S/C24H26N2O3S/c1-17-4-12-23(13-5-17)30(28,29)26-21-10-7-20(8-11-21)24(27)14-15-25-22-9-6-18(2)19(3)16-22/h4-13,16,25-26H,14-15H2,1-3H3. The molecular formula is C24H26N2O3S. The van der Waals surface area contributed by atoms with Crippen LogP contribution in [0.1, 0.15) is 33.5 Å². The summed E-state index contributed by atoms with van der Waals surface area (Å²) < 4.78 is 27.5. The minimum Gasteiger partial charge on any atom is -0.385 e. The molecule has 0 aliphatic rings. The highest BCUT2D eigenvalue weighted by Gasteiger charge is 2.14. The third-order valence-corrected chi connectivity index (χ3v) is 6.38. The number of aryl methyl sites for hydroxylation is 3. The van der Waals surface area contributed by atoms with Crippen molar-refractivity contribution in [2.75, 3.05) is 16.6 Å². The van der Waals surface area contributed by atoms with Crippen molar-refractivity contribution in [1.29, 1.82) is 0 Å². The largest absolute Gasteiger partial charge is 0.385 e. The van der Waals surface area contributed by atoms with Crippen molar-refractivity contribution < 1.29 is 13.2 Å². The number of hydrogen-bond acceptors (Lipinski definition) is 4. The molecule has 30 heavy (non-hydrogen) atoms. The normalized spacial score (nSPS) is 11.2. The van der Waals surface area contributed by atoms with E-state index in [0.29, 0.717) is 24.2 Å². The minimum atomic E-state index is -3.66.